The van der Waals surface area contributed by atoms with Gasteiger partial charge in [0.2, 0.25) is 0 Å². The lowest BCUT2D eigenvalue weighted by Crippen LogP contribution is -2.46. The summed E-state index contributed by atoms with van der Waals surface area (Å²) in [6, 6.07) is 1.11. The van der Waals surface area contributed by atoms with E-state index >= 15 is 0 Å². The fourth-order valence-electron chi connectivity index (χ4n) is 6.52. The number of carbonyl (C=O) groups is 2. The van der Waals surface area contributed by atoms with Crippen molar-refractivity contribution < 1.29 is 14.7 Å². The van der Waals surface area contributed by atoms with Gasteiger partial charge in [0, 0.05) is 31.6 Å². The van der Waals surface area contributed by atoms with Crippen molar-refractivity contribution in [3.05, 3.63) is 0 Å². The number of carboxylic acid groups (broad SMARTS) is 1. The molecule has 164 valence electrons. The Labute approximate surface area is 175 Å². The monoisotopic (exact) mass is 405 g/mol. The van der Waals surface area contributed by atoms with E-state index in [4.69, 9.17) is 5.11 Å². The van der Waals surface area contributed by atoms with Gasteiger partial charge in [-0.3, -0.25) is 4.79 Å². The van der Waals surface area contributed by atoms with Crippen LogP contribution in [-0.4, -0.2) is 77.1 Å². The number of rotatable bonds is 5. The van der Waals surface area contributed by atoms with Gasteiger partial charge in [0.05, 0.1) is 0 Å². The Morgan fingerprint density at radius 1 is 0.862 bits per heavy atom. The molecular weight excluding hydrogens is 366 g/mol. The van der Waals surface area contributed by atoms with Crippen LogP contribution in [0.5, 0.6) is 0 Å². The summed E-state index contributed by atoms with van der Waals surface area (Å²) in [7, 11) is 2.24. The second-order valence-corrected chi connectivity index (χ2v) is 10.1. The van der Waals surface area contributed by atoms with Gasteiger partial charge in [-0.25, -0.2) is 4.79 Å². The third-order valence-corrected chi connectivity index (χ3v) is 8.41. The highest BCUT2D eigenvalue weighted by atomic mass is 16.4. The first-order valence-corrected chi connectivity index (χ1v) is 12.0. The molecule has 0 spiro atoms. The summed E-state index contributed by atoms with van der Waals surface area (Å²) in [5.41, 5.74) is 0. The SMILES string of the molecule is CN1CCC2CCC(N3CCN([C@H]4CC[C@H](CCC(=O)O)CC4)C3=O)CC2CC1. The highest BCUT2D eigenvalue weighted by molar-refractivity contribution is 5.77. The predicted octanol–water partition coefficient (Wildman–Crippen LogP) is 3.66. The third kappa shape index (κ3) is 4.89. The number of fused-ring (bicyclic) bond motifs is 1. The molecule has 2 saturated heterocycles. The van der Waals surface area contributed by atoms with Gasteiger partial charge in [0.15, 0.2) is 0 Å². The zero-order valence-electron chi connectivity index (χ0n) is 18.1. The maximum atomic E-state index is 13.2. The van der Waals surface area contributed by atoms with E-state index in [1.165, 1.54) is 45.2 Å². The van der Waals surface area contributed by atoms with E-state index in [0.29, 0.717) is 18.0 Å². The number of carboxylic acids is 1. The van der Waals surface area contributed by atoms with Crippen LogP contribution >= 0.6 is 0 Å². The molecule has 0 aromatic heterocycles. The highest BCUT2D eigenvalue weighted by Gasteiger charge is 2.41. The van der Waals surface area contributed by atoms with Crippen molar-refractivity contribution in [2.24, 2.45) is 17.8 Å². The van der Waals surface area contributed by atoms with Crippen molar-refractivity contribution in [1.29, 1.82) is 0 Å². The third-order valence-electron chi connectivity index (χ3n) is 8.41. The van der Waals surface area contributed by atoms with E-state index in [2.05, 4.69) is 21.7 Å². The Bertz CT molecular complexity index is 590. The molecule has 2 aliphatic carbocycles. The Kier molecular flexibility index (Phi) is 6.67. The summed E-state index contributed by atoms with van der Waals surface area (Å²) in [4.78, 5) is 30.9. The molecule has 4 rings (SSSR count). The molecule has 2 saturated carbocycles. The zero-order valence-corrected chi connectivity index (χ0v) is 18.1. The molecule has 2 heterocycles. The van der Waals surface area contributed by atoms with Gasteiger partial charge in [-0.1, -0.05) is 0 Å². The number of amides is 2. The van der Waals surface area contributed by atoms with Crippen LogP contribution in [0.25, 0.3) is 0 Å². The molecule has 3 unspecified atom stereocenters. The fraction of sp³-hybridized carbons (Fsp3) is 0.913. The maximum absolute atomic E-state index is 13.2. The van der Waals surface area contributed by atoms with Crippen LogP contribution in [0.2, 0.25) is 0 Å². The molecule has 3 atom stereocenters. The number of hydrogen-bond acceptors (Lipinski definition) is 3. The van der Waals surface area contributed by atoms with Gasteiger partial charge in [0.25, 0.3) is 0 Å². The first-order valence-electron chi connectivity index (χ1n) is 12.0. The van der Waals surface area contributed by atoms with Crippen LogP contribution in [0.1, 0.15) is 70.6 Å². The van der Waals surface area contributed by atoms with Crippen LogP contribution < -0.4 is 0 Å². The molecule has 0 radical (unpaired) electrons. The molecular formula is C23H39N3O3. The summed E-state index contributed by atoms with van der Waals surface area (Å²) >= 11 is 0. The summed E-state index contributed by atoms with van der Waals surface area (Å²) in [6.45, 7) is 4.23. The second-order valence-electron chi connectivity index (χ2n) is 10.1. The number of likely N-dealkylation sites (tertiary alicyclic amines) is 1. The smallest absolute Gasteiger partial charge is 0.320 e. The van der Waals surface area contributed by atoms with Crippen molar-refractivity contribution in [1.82, 2.24) is 14.7 Å². The van der Waals surface area contributed by atoms with Crippen LogP contribution in [0, 0.1) is 17.8 Å². The molecule has 2 amide bonds. The van der Waals surface area contributed by atoms with E-state index < -0.39 is 5.97 Å². The first kappa shape index (κ1) is 21.0. The molecule has 4 fully saturated rings. The van der Waals surface area contributed by atoms with Gasteiger partial charge in [-0.15, -0.1) is 0 Å². The predicted molar refractivity (Wildman–Crippen MR) is 113 cm³/mol. The van der Waals surface area contributed by atoms with E-state index in [0.717, 1.165) is 57.0 Å². The maximum Gasteiger partial charge on any atom is 0.320 e. The summed E-state index contributed by atoms with van der Waals surface area (Å²) in [5.74, 6) is 1.50. The van der Waals surface area contributed by atoms with Gasteiger partial charge >= 0.3 is 12.0 Å². The normalized spacial score (nSPS) is 36.7. The minimum atomic E-state index is -0.687. The van der Waals surface area contributed by atoms with E-state index in [9.17, 15) is 9.59 Å². The standard InChI is InChI=1S/C23H39N3O3/c1-24-12-10-18-5-8-21(16-19(18)11-13-24)26-15-14-25(23(26)29)20-6-2-17(3-7-20)4-9-22(27)28/h17-21H,2-16H2,1H3,(H,27,28)/t17-,18?,19?,20-,21?. The molecule has 2 aliphatic heterocycles. The molecule has 4 aliphatic rings. The molecule has 1 N–H and O–H groups in total. The Morgan fingerprint density at radius 3 is 2.17 bits per heavy atom. The van der Waals surface area contributed by atoms with Crippen molar-refractivity contribution in [2.75, 3.05) is 33.2 Å². The molecule has 6 nitrogen and oxygen atoms in total. The lowest BCUT2D eigenvalue weighted by Gasteiger charge is -2.40. The number of carbonyl (C=O) groups excluding carboxylic acids is 1. The number of hydrogen-bond donors (Lipinski definition) is 1. The van der Waals surface area contributed by atoms with E-state index in [1.54, 1.807) is 0 Å². The number of urea groups is 1. The highest BCUT2D eigenvalue weighted by Crippen LogP contribution is 2.40. The molecule has 6 heteroatoms. The Morgan fingerprint density at radius 2 is 1.48 bits per heavy atom. The van der Waals surface area contributed by atoms with Crippen LogP contribution in [0.3, 0.4) is 0 Å². The van der Waals surface area contributed by atoms with Crippen LogP contribution in [0.4, 0.5) is 4.79 Å². The fourth-order valence-corrected chi connectivity index (χ4v) is 6.52. The van der Waals surface area contributed by atoms with Crippen molar-refractivity contribution in [2.45, 2.75) is 82.7 Å². The van der Waals surface area contributed by atoms with Crippen LogP contribution in [0.15, 0.2) is 0 Å². The molecule has 0 bridgehead atoms. The van der Waals surface area contributed by atoms with Crippen molar-refractivity contribution >= 4 is 12.0 Å². The topological polar surface area (TPSA) is 64.1 Å². The Hall–Kier alpha value is -1.30. The average Bonchev–Trinajstić information content (AvgIpc) is 3.00. The van der Waals surface area contributed by atoms with Gasteiger partial charge in [-0.05, 0) is 102 Å². The lowest BCUT2D eigenvalue weighted by molar-refractivity contribution is -0.137. The molecule has 0 aromatic rings. The van der Waals surface area contributed by atoms with Gasteiger partial charge in [0.1, 0.15) is 0 Å². The number of aliphatic carboxylic acids is 1. The van der Waals surface area contributed by atoms with E-state index in [-0.39, 0.29) is 12.5 Å². The average molecular weight is 406 g/mol. The first-order chi connectivity index (χ1) is 14.0. The summed E-state index contributed by atoms with van der Waals surface area (Å²) in [6.07, 6.45) is 11.6. The van der Waals surface area contributed by atoms with Gasteiger partial charge in [-0.2, -0.15) is 0 Å². The Balaban J connectivity index is 1.28. The van der Waals surface area contributed by atoms with E-state index in [1.807, 2.05) is 0 Å². The van der Waals surface area contributed by atoms with Gasteiger partial charge < -0.3 is 19.8 Å². The largest absolute Gasteiger partial charge is 0.481 e. The minimum Gasteiger partial charge on any atom is -0.481 e. The quantitative estimate of drug-likeness (QED) is 0.758. The number of nitrogens with zero attached hydrogens (tertiary/aromatic N) is 3. The van der Waals surface area contributed by atoms with Crippen molar-refractivity contribution in [3.8, 4) is 0 Å². The summed E-state index contributed by atoms with van der Waals surface area (Å²) in [5, 5.41) is 8.90. The minimum absolute atomic E-state index is 0.283. The molecule has 0 aromatic carbocycles. The summed E-state index contributed by atoms with van der Waals surface area (Å²) < 4.78 is 0. The lowest BCUT2D eigenvalue weighted by atomic mass is 9.74. The van der Waals surface area contributed by atoms with Crippen molar-refractivity contribution in [3.63, 3.8) is 0 Å². The van der Waals surface area contributed by atoms with Crippen LogP contribution in [-0.2, 0) is 4.79 Å². The zero-order chi connectivity index (χ0) is 20.4. The second kappa shape index (κ2) is 9.23. The molecule has 29 heavy (non-hydrogen) atoms.